The Morgan fingerprint density at radius 1 is 1.44 bits per heavy atom. The molecule has 1 aromatic heterocycles. The van der Waals surface area contributed by atoms with Crippen LogP contribution in [0.1, 0.15) is 0 Å². The highest BCUT2D eigenvalue weighted by Crippen LogP contribution is 2.14. The number of benzene rings is 1. The Bertz CT molecular complexity index is 587. The van der Waals surface area contributed by atoms with Crippen LogP contribution in [0, 0.1) is 15.5 Å². The van der Waals surface area contributed by atoms with Crippen molar-refractivity contribution in [3.8, 4) is 0 Å². The summed E-state index contributed by atoms with van der Waals surface area (Å²) in [6.07, 6.45) is 1.39. The van der Waals surface area contributed by atoms with Gasteiger partial charge in [-0.15, -0.1) is 5.10 Å². The molecular formula is C10H7F2IN4O. The zero-order valence-corrected chi connectivity index (χ0v) is 11.1. The monoisotopic (exact) mass is 364 g/mol. The lowest BCUT2D eigenvalue weighted by Gasteiger charge is -2.06. The van der Waals surface area contributed by atoms with Crippen molar-refractivity contribution in [2.75, 3.05) is 5.32 Å². The van der Waals surface area contributed by atoms with Gasteiger partial charge in [-0.25, -0.2) is 18.4 Å². The van der Waals surface area contributed by atoms with Gasteiger partial charge in [0.05, 0.1) is 5.69 Å². The minimum Gasteiger partial charge on any atom is -0.322 e. The van der Waals surface area contributed by atoms with Crippen molar-refractivity contribution in [2.24, 2.45) is 0 Å². The van der Waals surface area contributed by atoms with E-state index in [9.17, 15) is 13.6 Å². The van der Waals surface area contributed by atoms with Crippen LogP contribution in [-0.2, 0) is 11.3 Å². The summed E-state index contributed by atoms with van der Waals surface area (Å²) >= 11 is 1.90. The maximum atomic E-state index is 13.3. The number of carbonyl (C=O) groups excluding carboxylic acids is 1. The maximum Gasteiger partial charge on any atom is 0.246 e. The molecule has 1 aromatic carbocycles. The Balaban J connectivity index is 2.03. The van der Waals surface area contributed by atoms with Crippen LogP contribution in [-0.4, -0.2) is 20.7 Å². The van der Waals surface area contributed by atoms with E-state index in [0.29, 0.717) is 9.90 Å². The van der Waals surface area contributed by atoms with Gasteiger partial charge in [0.25, 0.3) is 0 Å². The largest absolute Gasteiger partial charge is 0.322 e. The first kappa shape index (κ1) is 12.9. The fraction of sp³-hybridized carbons (Fsp3) is 0.100. The van der Waals surface area contributed by atoms with E-state index in [2.05, 4.69) is 15.4 Å². The Hall–Kier alpha value is -1.58. The topological polar surface area (TPSA) is 59.8 Å². The molecule has 1 heterocycles. The number of amides is 1. The number of hydrogen-bond acceptors (Lipinski definition) is 3. The SMILES string of the molecule is O=C(Cn1cnc(I)n1)Nc1ccc(F)cc1F. The van der Waals surface area contributed by atoms with E-state index in [-0.39, 0.29) is 12.2 Å². The number of aromatic nitrogens is 3. The van der Waals surface area contributed by atoms with Crippen LogP contribution in [0.4, 0.5) is 14.5 Å². The summed E-state index contributed by atoms with van der Waals surface area (Å²) in [6.45, 7) is -0.0905. The van der Waals surface area contributed by atoms with Crippen molar-refractivity contribution in [2.45, 2.75) is 6.54 Å². The molecule has 0 atom stereocenters. The molecule has 1 N–H and O–H groups in total. The molecule has 0 saturated carbocycles. The molecule has 0 fully saturated rings. The number of hydrogen-bond donors (Lipinski definition) is 1. The van der Waals surface area contributed by atoms with Gasteiger partial charge in [-0.2, -0.15) is 0 Å². The number of nitrogens with one attached hydrogen (secondary N) is 1. The Morgan fingerprint density at radius 2 is 2.22 bits per heavy atom. The summed E-state index contributed by atoms with van der Waals surface area (Å²) in [4.78, 5) is 15.4. The van der Waals surface area contributed by atoms with Crippen LogP contribution in [0.2, 0.25) is 0 Å². The quantitative estimate of drug-likeness (QED) is 0.846. The van der Waals surface area contributed by atoms with Gasteiger partial charge in [0.15, 0.2) is 0 Å². The molecule has 0 spiro atoms. The van der Waals surface area contributed by atoms with E-state index in [1.165, 1.54) is 11.0 Å². The van der Waals surface area contributed by atoms with Crippen LogP contribution in [0.3, 0.4) is 0 Å². The molecule has 0 radical (unpaired) electrons. The predicted molar refractivity (Wildman–Crippen MR) is 67.7 cm³/mol. The summed E-state index contributed by atoms with van der Waals surface area (Å²) < 4.78 is 27.7. The second kappa shape index (κ2) is 5.38. The highest BCUT2D eigenvalue weighted by molar-refractivity contribution is 14.1. The number of rotatable bonds is 3. The molecule has 18 heavy (non-hydrogen) atoms. The van der Waals surface area contributed by atoms with Gasteiger partial charge in [-0.3, -0.25) is 4.79 Å². The van der Waals surface area contributed by atoms with Gasteiger partial charge < -0.3 is 5.32 Å². The molecule has 0 saturated heterocycles. The smallest absolute Gasteiger partial charge is 0.246 e. The molecule has 5 nitrogen and oxygen atoms in total. The zero-order chi connectivity index (χ0) is 13.1. The third-order valence-corrected chi connectivity index (χ3v) is 2.51. The summed E-state index contributed by atoms with van der Waals surface area (Å²) in [7, 11) is 0. The molecule has 1 amide bonds. The van der Waals surface area contributed by atoms with Crippen LogP contribution in [0.25, 0.3) is 0 Å². The molecule has 94 valence electrons. The van der Waals surface area contributed by atoms with Crippen molar-refractivity contribution >= 4 is 34.2 Å². The van der Waals surface area contributed by atoms with Gasteiger partial charge >= 0.3 is 0 Å². The van der Waals surface area contributed by atoms with Gasteiger partial charge in [-0.05, 0) is 12.1 Å². The molecule has 0 unspecified atom stereocenters. The van der Waals surface area contributed by atoms with Crippen molar-refractivity contribution in [3.63, 3.8) is 0 Å². The summed E-state index contributed by atoms with van der Waals surface area (Å²) in [5, 5.41) is 6.23. The molecule has 0 aliphatic heterocycles. The lowest BCUT2D eigenvalue weighted by Crippen LogP contribution is -2.19. The third-order valence-electron chi connectivity index (χ3n) is 2.02. The zero-order valence-electron chi connectivity index (χ0n) is 8.90. The van der Waals surface area contributed by atoms with E-state index >= 15 is 0 Å². The van der Waals surface area contributed by atoms with Gasteiger partial charge in [0.1, 0.15) is 24.5 Å². The Morgan fingerprint density at radius 3 is 2.83 bits per heavy atom. The minimum atomic E-state index is -0.823. The van der Waals surface area contributed by atoms with Crippen molar-refractivity contribution < 1.29 is 13.6 Å². The van der Waals surface area contributed by atoms with E-state index in [1.807, 2.05) is 22.6 Å². The van der Waals surface area contributed by atoms with Crippen LogP contribution in [0.15, 0.2) is 24.5 Å². The first-order valence-corrected chi connectivity index (χ1v) is 5.92. The van der Waals surface area contributed by atoms with E-state index < -0.39 is 17.5 Å². The van der Waals surface area contributed by atoms with Gasteiger partial charge in [0.2, 0.25) is 9.74 Å². The van der Waals surface area contributed by atoms with E-state index in [0.717, 1.165) is 12.1 Å². The predicted octanol–water partition coefficient (Wildman–Crippen LogP) is 1.80. The molecular weight excluding hydrogens is 357 g/mol. The molecule has 0 aliphatic rings. The fourth-order valence-corrected chi connectivity index (χ4v) is 1.68. The average Bonchev–Trinajstić information content (AvgIpc) is 2.68. The highest BCUT2D eigenvalue weighted by atomic mass is 127. The molecule has 2 aromatic rings. The number of nitrogens with zero attached hydrogens (tertiary/aromatic N) is 3. The first-order chi connectivity index (χ1) is 8.54. The number of halogens is 3. The fourth-order valence-electron chi connectivity index (χ4n) is 1.28. The Kier molecular flexibility index (Phi) is 3.84. The summed E-state index contributed by atoms with van der Waals surface area (Å²) in [5.74, 6) is -1.99. The van der Waals surface area contributed by atoms with E-state index in [4.69, 9.17) is 0 Å². The second-order valence-corrected chi connectivity index (χ2v) is 4.35. The normalized spacial score (nSPS) is 10.4. The summed E-state index contributed by atoms with van der Waals surface area (Å²) in [6, 6.07) is 2.93. The molecule has 0 aliphatic carbocycles. The van der Waals surface area contributed by atoms with Crippen LogP contribution >= 0.6 is 22.6 Å². The highest BCUT2D eigenvalue weighted by Gasteiger charge is 2.09. The average molecular weight is 364 g/mol. The third kappa shape index (κ3) is 3.22. The molecule has 8 heteroatoms. The molecule has 2 rings (SSSR count). The van der Waals surface area contributed by atoms with Crippen LogP contribution in [0.5, 0.6) is 0 Å². The lowest BCUT2D eigenvalue weighted by molar-refractivity contribution is -0.116. The number of anilines is 1. The molecule has 0 bridgehead atoms. The second-order valence-electron chi connectivity index (χ2n) is 3.38. The van der Waals surface area contributed by atoms with Crippen molar-refractivity contribution in [3.05, 3.63) is 40.0 Å². The maximum absolute atomic E-state index is 13.3. The van der Waals surface area contributed by atoms with E-state index in [1.54, 1.807) is 0 Å². The van der Waals surface area contributed by atoms with Crippen LogP contribution < -0.4 is 5.32 Å². The van der Waals surface area contributed by atoms with Crippen molar-refractivity contribution in [1.29, 1.82) is 0 Å². The van der Waals surface area contributed by atoms with Gasteiger partial charge in [-0.1, -0.05) is 0 Å². The standard InChI is InChI=1S/C10H7F2IN4O/c11-6-1-2-8(7(12)3-6)15-9(18)4-17-5-14-10(13)16-17/h1-3,5H,4H2,(H,15,18). The summed E-state index contributed by atoms with van der Waals surface area (Å²) in [5.41, 5.74) is -0.0730. The minimum absolute atomic E-state index is 0.0730. The van der Waals surface area contributed by atoms with Crippen molar-refractivity contribution in [1.82, 2.24) is 14.8 Å². The lowest BCUT2D eigenvalue weighted by atomic mass is 10.3. The number of carbonyl (C=O) groups is 1. The first-order valence-electron chi connectivity index (χ1n) is 4.84. The van der Waals surface area contributed by atoms with Gasteiger partial charge in [0, 0.05) is 28.7 Å². The Labute approximate surface area is 114 Å².